The van der Waals surface area contributed by atoms with Crippen LogP contribution in [0.3, 0.4) is 0 Å². The number of esters is 2. The van der Waals surface area contributed by atoms with Crippen molar-refractivity contribution in [2.45, 2.75) is 46.1 Å². The van der Waals surface area contributed by atoms with Crippen LogP contribution in [-0.4, -0.2) is 62.8 Å². The lowest BCUT2D eigenvalue weighted by molar-refractivity contribution is -0.147. The van der Waals surface area contributed by atoms with Crippen LogP contribution in [-0.2, 0) is 35.6 Å². The zero-order valence-electron chi connectivity index (χ0n) is 24.3. The number of nitrogens with zero attached hydrogens (tertiary/aromatic N) is 2. The highest BCUT2D eigenvalue weighted by Crippen LogP contribution is 2.26. The maximum Gasteiger partial charge on any atom is 0.407 e. The molecule has 0 saturated heterocycles. The average Bonchev–Trinajstić information content (AvgIpc) is 2.93. The predicted molar refractivity (Wildman–Crippen MR) is 153 cm³/mol. The SMILES string of the molecule is CCOC(=O)c1c(C)cc2nc(COC(=O)NCCOC(=O)C(C)C)n(-c3ccccc3S(=O)(=O)NC)c(=O)c2c1C. The number of benzene rings is 2. The first kappa shape index (κ1) is 32.2. The molecule has 3 rings (SSSR count). The molecule has 13 nitrogen and oxygen atoms in total. The van der Waals surface area contributed by atoms with Gasteiger partial charge in [-0.1, -0.05) is 26.0 Å². The van der Waals surface area contributed by atoms with Gasteiger partial charge in [-0.2, -0.15) is 0 Å². The monoisotopic (exact) mass is 602 g/mol. The molecule has 42 heavy (non-hydrogen) atoms. The highest BCUT2D eigenvalue weighted by Gasteiger charge is 2.25. The number of amides is 1. The van der Waals surface area contributed by atoms with Crippen molar-refractivity contribution in [3.63, 3.8) is 0 Å². The summed E-state index contributed by atoms with van der Waals surface area (Å²) in [7, 11) is -2.81. The first-order valence-electron chi connectivity index (χ1n) is 13.2. The molecular formula is C28H34N4O9S. The number of rotatable bonds is 11. The van der Waals surface area contributed by atoms with Crippen molar-refractivity contribution in [3.05, 3.63) is 63.2 Å². The van der Waals surface area contributed by atoms with Gasteiger partial charge in [-0.25, -0.2) is 27.7 Å². The van der Waals surface area contributed by atoms with Crippen molar-refractivity contribution < 1.29 is 37.0 Å². The Morgan fingerprint density at radius 2 is 1.76 bits per heavy atom. The first-order valence-corrected chi connectivity index (χ1v) is 14.6. The fourth-order valence-corrected chi connectivity index (χ4v) is 5.14. The van der Waals surface area contributed by atoms with Gasteiger partial charge in [-0.3, -0.25) is 14.2 Å². The van der Waals surface area contributed by atoms with E-state index in [2.05, 4.69) is 15.0 Å². The van der Waals surface area contributed by atoms with Crippen molar-refractivity contribution in [1.82, 2.24) is 19.6 Å². The molecule has 2 N–H and O–H groups in total. The molecule has 0 saturated carbocycles. The van der Waals surface area contributed by atoms with Gasteiger partial charge in [0.1, 0.15) is 11.5 Å². The molecule has 0 unspecified atom stereocenters. The van der Waals surface area contributed by atoms with Gasteiger partial charge in [0.05, 0.1) is 41.2 Å². The number of sulfonamides is 1. The minimum Gasteiger partial charge on any atom is -0.464 e. The molecular weight excluding hydrogens is 568 g/mol. The summed E-state index contributed by atoms with van der Waals surface area (Å²) in [5, 5.41) is 2.51. The summed E-state index contributed by atoms with van der Waals surface area (Å²) in [6.45, 7) is 7.81. The highest BCUT2D eigenvalue weighted by molar-refractivity contribution is 7.89. The van der Waals surface area contributed by atoms with Crippen LogP contribution in [0.15, 0.2) is 40.0 Å². The van der Waals surface area contributed by atoms with E-state index in [-0.39, 0.29) is 58.6 Å². The lowest BCUT2D eigenvalue weighted by Gasteiger charge is -2.19. The minimum atomic E-state index is -4.04. The third-order valence-corrected chi connectivity index (χ3v) is 7.70. The van der Waals surface area contributed by atoms with Gasteiger partial charge >= 0.3 is 18.0 Å². The molecule has 0 aliphatic rings. The molecule has 1 aromatic heterocycles. The van der Waals surface area contributed by atoms with E-state index in [1.165, 1.54) is 25.2 Å². The van der Waals surface area contributed by atoms with E-state index in [1.54, 1.807) is 46.8 Å². The van der Waals surface area contributed by atoms with Gasteiger partial charge in [-0.05, 0) is 57.1 Å². The average molecular weight is 603 g/mol. The second kappa shape index (κ2) is 13.6. The number of aromatic nitrogens is 2. The molecule has 0 atom stereocenters. The van der Waals surface area contributed by atoms with Crippen LogP contribution in [0.25, 0.3) is 16.6 Å². The number of hydrogen-bond acceptors (Lipinski definition) is 10. The summed E-state index contributed by atoms with van der Waals surface area (Å²) in [6, 6.07) is 7.32. The Morgan fingerprint density at radius 1 is 1.07 bits per heavy atom. The van der Waals surface area contributed by atoms with Crippen molar-refractivity contribution in [1.29, 1.82) is 0 Å². The first-order chi connectivity index (χ1) is 19.8. The topological polar surface area (TPSA) is 172 Å². The van der Waals surface area contributed by atoms with Crippen LogP contribution >= 0.6 is 0 Å². The number of para-hydroxylation sites is 1. The predicted octanol–water partition coefficient (Wildman–Crippen LogP) is 2.51. The van der Waals surface area contributed by atoms with Gasteiger partial charge in [-0.15, -0.1) is 0 Å². The highest BCUT2D eigenvalue weighted by atomic mass is 32.2. The molecule has 3 aromatic rings. The summed E-state index contributed by atoms with van der Waals surface area (Å²) in [5.41, 5.74) is 0.525. The van der Waals surface area contributed by atoms with E-state index < -0.39 is 40.2 Å². The number of ether oxygens (including phenoxy) is 3. The molecule has 0 aliphatic carbocycles. The number of aryl methyl sites for hydroxylation is 2. The molecule has 14 heteroatoms. The van der Waals surface area contributed by atoms with Crippen LogP contribution in [0.5, 0.6) is 0 Å². The van der Waals surface area contributed by atoms with Gasteiger partial charge in [0.15, 0.2) is 12.4 Å². The number of hydrogen-bond donors (Lipinski definition) is 2. The number of carbonyl (C=O) groups excluding carboxylic acids is 3. The fourth-order valence-electron chi connectivity index (χ4n) is 4.23. The largest absolute Gasteiger partial charge is 0.464 e. The Kier molecular flexibility index (Phi) is 10.4. The third kappa shape index (κ3) is 6.94. The van der Waals surface area contributed by atoms with E-state index in [1.807, 2.05) is 0 Å². The van der Waals surface area contributed by atoms with E-state index in [4.69, 9.17) is 14.2 Å². The van der Waals surface area contributed by atoms with Gasteiger partial charge in [0.25, 0.3) is 5.56 Å². The Labute approximate surface area is 243 Å². The van der Waals surface area contributed by atoms with Crippen molar-refractivity contribution >= 4 is 39.0 Å². The van der Waals surface area contributed by atoms with Crippen molar-refractivity contribution in [3.8, 4) is 5.69 Å². The van der Waals surface area contributed by atoms with E-state index in [0.29, 0.717) is 11.1 Å². The molecule has 0 spiro atoms. The van der Waals surface area contributed by atoms with E-state index >= 15 is 0 Å². The molecule has 0 fully saturated rings. The fraction of sp³-hybridized carbons (Fsp3) is 0.393. The summed E-state index contributed by atoms with van der Waals surface area (Å²) in [4.78, 5) is 55.2. The normalized spacial score (nSPS) is 11.4. The van der Waals surface area contributed by atoms with Crippen LogP contribution < -0.4 is 15.6 Å². The molecule has 0 aliphatic heterocycles. The lowest BCUT2D eigenvalue weighted by atomic mass is 9.98. The second-order valence-electron chi connectivity index (χ2n) is 9.48. The molecule has 0 radical (unpaired) electrons. The molecule has 1 heterocycles. The maximum atomic E-state index is 14.1. The quantitative estimate of drug-likeness (QED) is 0.189. The van der Waals surface area contributed by atoms with Crippen molar-refractivity contribution in [2.75, 3.05) is 26.8 Å². The summed E-state index contributed by atoms with van der Waals surface area (Å²) in [5.74, 6) is -1.42. The Hall–Kier alpha value is -4.30. The van der Waals surface area contributed by atoms with Crippen LogP contribution in [0, 0.1) is 19.8 Å². The summed E-state index contributed by atoms with van der Waals surface area (Å²) < 4.78 is 44.5. The van der Waals surface area contributed by atoms with Gasteiger partial charge in [0, 0.05) is 0 Å². The molecule has 226 valence electrons. The second-order valence-corrected chi connectivity index (χ2v) is 11.3. The minimum absolute atomic E-state index is 0.0203. The standard InChI is InChI=1S/C28H34N4O9S/c1-7-39-27(35)23-17(4)14-19-24(18(23)5)25(33)32(20-10-8-9-11-21(20)42(37,38)29-6)22(31-19)15-41-28(36)30-12-13-40-26(34)16(2)3/h8-11,14,16,29H,7,12-13,15H2,1-6H3,(H,30,36). The molecule has 0 bridgehead atoms. The van der Waals surface area contributed by atoms with Gasteiger partial charge in [0.2, 0.25) is 10.0 Å². The van der Waals surface area contributed by atoms with Crippen LogP contribution in [0.2, 0.25) is 0 Å². The lowest BCUT2D eigenvalue weighted by Crippen LogP contribution is -2.31. The third-order valence-electron chi connectivity index (χ3n) is 6.24. The van der Waals surface area contributed by atoms with Crippen LogP contribution in [0.4, 0.5) is 4.79 Å². The Balaban J connectivity index is 2.13. The number of nitrogens with one attached hydrogen (secondary N) is 2. The summed E-state index contributed by atoms with van der Waals surface area (Å²) >= 11 is 0. The van der Waals surface area contributed by atoms with E-state index in [9.17, 15) is 27.6 Å². The summed E-state index contributed by atoms with van der Waals surface area (Å²) in [6.07, 6.45) is -0.877. The number of alkyl carbamates (subject to hydrolysis) is 1. The number of fused-ring (bicyclic) bond motifs is 1. The zero-order chi connectivity index (χ0) is 31.2. The molecule has 1 amide bonds. The van der Waals surface area contributed by atoms with Gasteiger partial charge < -0.3 is 19.5 Å². The maximum absolute atomic E-state index is 14.1. The zero-order valence-corrected chi connectivity index (χ0v) is 25.1. The Morgan fingerprint density at radius 3 is 2.40 bits per heavy atom. The van der Waals surface area contributed by atoms with E-state index in [0.717, 1.165) is 4.57 Å². The van der Waals surface area contributed by atoms with Crippen molar-refractivity contribution in [2.24, 2.45) is 5.92 Å². The Bertz CT molecular complexity index is 1680. The smallest absolute Gasteiger partial charge is 0.407 e. The molecule has 2 aromatic carbocycles. The number of carbonyl (C=O) groups is 3. The van der Waals surface area contributed by atoms with Crippen LogP contribution in [0.1, 0.15) is 48.1 Å².